The molecular formula is C14H17IN2O. The van der Waals surface area contributed by atoms with Crippen molar-refractivity contribution in [3.8, 4) is 0 Å². The summed E-state index contributed by atoms with van der Waals surface area (Å²) in [5, 5.41) is 5.82. The van der Waals surface area contributed by atoms with Crippen molar-refractivity contribution >= 4 is 33.5 Å². The molecule has 96 valence electrons. The Morgan fingerprint density at radius 1 is 1.39 bits per heavy atom. The molecule has 18 heavy (non-hydrogen) atoms. The summed E-state index contributed by atoms with van der Waals surface area (Å²) in [7, 11) is 1.82. The summed E-state index contributed by atoms with van der Waals surface area (Å²) >= 11 is 2.36. The van der Waals surface area contributed by atoms with Crippen LogP contribution in [0, 0.1) is 3.57 Å². The van der Waals surface area contributed by atoms with Crippen molar-refractivity contribution in [2.75, 3.05) is 7.11 Å². The zero-order valence-electron chi connectivity index (χ0n) is 10.5. The first-order chi connectivity index (χ1) is 8.78. The second kappa shape index (κ2) is 5.17. The van der Waals surface area contributed by atoms with Crippen LogP contribution >= 0.6 is 22.6 Å². The van der Waals surface area contributed by atoms with Gasteiger partial charge in [0.2, 0.25) is 0 Å². The molecule has 4 heteroatoms. The number of fused-ring (bicyclic) bond motifs is 1. The molecule has 1 saturated carbocycles. The molecule has 1 fully saturated rings. The summed E-state index contributed by atoms with van der Waals surface area (Å²) in [4.78, 5) is 0. The predicted octanol–water partition coefficient (Wildman–Crippen LogP) is 3.77. The molecule has 2 unspecified atom stereocenters. The maximum atomic E-state index is 5.51. The van der Waals surface area contributed by atoms with E-state index in [-0.39, 0.29) is 0 Å². The molecule has 0 amide bonds. The van der Waals surface area contributed by atoms with Gasteiger partial charge in [0.25, 0.3) is 0 Å². The number of nitrogens with zero attached hydrogens (tertiary/aromatic N) is 2. The molecule has 0 saturated heterocycles. The first kappa shape index (κ1) is 12.4. The molecule has 2 aromatic rings. The Morgan fingerprint density at radius 2 is 2.28 bits per heavy atom. The minimum Gasteiger partial charge on any atom is -0.381 e. The third kappa shape index (κ3) is 2.28. The van der Waals surface area contributed by atoms with E-state index in [4.69, 9.17) is 4.74 Å². The van der Waals surface area contributed by atoms with Gasteiger partial charge in [0.15, 0.2) is 0 Å². The second-order valence-electron chi connectivity index (χ2n) is 4.97. The first-order valence-corrected chi connectivity index (χ1v) is 7.51. The molecule has 0 N–H and O–H groups in total. The Labute approximate surface area is 121 Å². The van der Waals surface area contributed by atoms with Crippen LogP contribution in [0.5, 0.6) is 0 Å². The fraction of sp³-hybridized carbons (Fsp3) is 0.500. The van der Waals surface area contributed by atoms with Gasteiger partial charge >= 0.3 is 0 Å². The van der Waals surface area contributed by atoms with Gasteiger partial charge in [-0.1, -0.05) is 6.07 Å². The van der Waals surface area contributed by atoms with Gasteiger partial charge in [-0.05, 0) is 60.4 Å². The summed E-state index contributed by atoms with van der Waals surface area (Å²) in [6.07, 6.45) is 7.08. The number of hydrogen-bond acceptors (Lipinski definition) is 2. The van der Waals surface area contributed by atoms with E-state index in [1.54, 1.807) is 0 Å². The topological polar surface area (TPSA) is 27.1 Å². The first-order valence-electron chi connectivity index (χ1n) is 6.43. The smallest absolute Gasteiger partial charge is 0.0696 e. The average Bonchev–Trinajstić information content (AvgIpc) is 2.81. The van der Waals surface area contributed by atoms with Gasteiger partial charge in [0, 0.05) is 16.1 Å². The zero-order valence-corrected chi connectivity index (χ0v) is 12.6. The SMILES string of the molecule is COC1CCCC(n2ncc3ccc(I)cc32)C1. The van der Waals surface area contributed by atoms with Crippen LogP contribution in [0.2, 0.25) is 0 Å². The molecule has 1 aromatic heterocycles. The van der Waals surface area contributed by atoms with E-state index in [2.05, 4.69) is 50.6 Å². The summed E-state index contributed by atoms with van der Waals surface area (Å²) in [5.74, 6) is 0. The third-order valence-corrected chi connectivity index (χ3v) is 4.51. The van der Waals surface area contributed by atoms with Crippen molar-refractivity contribution < 1.29 is 4.74 Å². The molecule has 3 rings (SSSR count). The van der Waals surface area contributed by atoms with Crippen molar-refractivity contribution in [1.29, 1.82) is 0 Å². The molecule has 3 nitrogen and oxygen atoms in total. The van der Waals surface area contributed by atoms with Crippen LogP contribution in [0.4, 0.5) is 0 Å². The van der Waals surface area contributed by atoms with Crippen molar-refractivity contribution in [3.05, 3.63) is 28.0 Å². The Morgan fingerprint density at radius 3 is 3.11 bits per heavy atom. The van der Waals surface area contributed by atoms with Crippen LogP contribution in [-0.2, 0) is 4.74 Å². The van der Waals surface area contributed by atoms with Gasteiger partial charge in [-0.2, -0.15) is 5.10 Å². The number of aromatic nitrogens is 2. The fourth-order valence-electron chi connectivity index (χ4n) is 2.86. The minimum absolute atomic E-state index is 0.394. The summed E-state index contributed by atoms with van der Waals surface area (Å²) in [6, 6.07) is 6.99. The number of methoxy groups -OCH3 is 1. The highest BCUT2D eigenvalue weighted by molar-refractivity contribution is 14.1. The van der Waals surface area contributed by atoms with Crippen molar-refractivity contribution in [2.24, 2.45) is 0 Å². The van der Waals surface area contributed by atoms with Crippen molar-refractivity contribution in [1.82, 2.24) is 9.78 Å². The lowest BCUT2D eigenvalue weighted by molar-refractivity contribution is 0.0516. The van der Waals surface area contributed by atoms with Crippen LogP contribution in [-0.4, -0.2) is 23.0 Å². The van der Waals surface area contributed by atoms with Crippen LogP contribution in [0.15, 0.2) is 24.4 Å². The molecule has 1 heterocycles. The molecule has 1 aromatic carbocycles. The van der Waals surface area contributed by atoms with E-state index < -0.39 is 0 Å². The standard InChI is InChI=1S/C14H17IN2O/c1-18-13-4-2-3-12(8-13)17-14-7-11(15)6-5-10(14)9-16-17/h5-7,9,12-13H,2-4,8H2,1H3. The average molecular weight is 356 g/mol. The minimum atomic E-state index is 0.394. The lowest BCUT2D eigenvalue weighted by Gasteiger charge is -2.28. The van der Waals surface area contributed by atoms with Gasteiger partial charge in [0.05, 0.1) is 23.9 Å². The van der Waals surface area contributed by atoms with Gasteiger partial charge in [-0.15, -0.1) is 0 Å². The lowest BCUT2D eigenvalue weighted by atomic mass is 9.93. The molecule has 0 radical (unpaired) electrons. The van der Waals surface area contributed by atoms with Crippen molar-refractivity contribution in [3.63, 3.8) is 0 Å². The molecular weight excluding hydrogens is 339 g/mol. The monoisotopic (exact) mass is 356 g/mol. The Hall–Kier alpha value is -0.620. The molecule has 2 atom stereocenters. The highest BCUT2D eigenvalue weighted by Gasteiger charge is 2.24. The van der Waals surface area contributed by atoms with Gasteiger partial charge in [-0.25, -0.2) is 0 Å². The van der Waals surface area contributed by atoms with E-state index in [1.807, 2.05) is 13.3 Å². The quantitative estimate of drug-likeness (QED) is 0.766. The van der Waals surface area contributed by atoms with Gasteiger partial charge in [0.1, 0.15) is 0 Å². The van der Waals surface area contributed by atoms with E-state index >= 15 is 0 Å². The normalized spacial score (nSPS) is 24.6. The molecule has 0 spiro atoms. The number of ether oxygens (including phenoxy) is 1. The summed E-state index contributed by atoms with van der Waals surface area (Å²) < 4.78 is 8.97. The van der Waals surface area contributed by atoms with E-state index in [9.17, 15) is 0 Å². The molecule has 1 aliphatic carbocycles. The third-order valence-electron chi connectivity index (χ3n) is 3.84. The van der Waals surface area contributed by atoms with Gasteiger partial charge < -0.3 is 4.74 Å². The van der Waals surface area contributed by atoms with Crippen LogP contribution < -0.4 is 0 Å². The highest BCUT2D eigenvalue weighted by Crippen LogP contribution is 2.32. The van der Waals surface area contributed by atoms with Crippen LogP contribution in [0.3, 0.4) is 0 Å². The van der Waals surface area contributed by atoms with E-state index in [0.717, 1.165) is 6.42 Å². The number of benzene rings is 1. The maximum absolute atomic E-state index is 5.51. The summed E-state index contributed by atoms with van der Waals surface area (Å²) in [5.41, 5.74) is 1.25. The summed E-state index contributed by atoms with van der Waals surface area (Å²) in [6.45, 7) is 0. The largest absolute Gasteiger partial charge is 0.381 e. The van der Waals surface area contributed by atoms with E-state index in [0.29, 0.717) is 12.1 Å². The van der Waals surface area contributed by atoms with Crippen LogP contribution in [0.25, 0.3) is 10.9 Å². The van der Waals surface area contributed by atoms with Crippen LogP contribution in [0.1, 0.15) is 31.7 Å². The van der Waals surface area contributed by atoms with E-state index in [1.165, 1.54) is 33.7 Å². The number of halogens is 1. The Balaban J connectivity index is 1.96. The Bertz CT molecular complexity index is 552. The number of rotatable bonds is 2. The van der Waals surface area contributed by atoms with Gasteiger partial charge in [-0.3, -0.25) is 4.68 Å². The Kier molecular flexibility index (Phi) is 3.56. The second-order valence-corrected chi connectivity index (χ2v) is 6.22. The van der Waals surface area contributed by atoms with Crippen molar-refractivity contribution in [2.45, 2.75) is 37.8 Å². The number of hydrogen-bond donors (Lipinski definition) is 0. The molecule has 1 aliphatic rings. The predicted molar refractivity (Wildman–Crippen MR) is 80.8 cm³/mol. The zero-order chi connectivity index (χ0) is 12.5. The maximum Gasteiger partial charge on any atom is 0.0696 e. The molecule has 0 bridgehead atoms. The molecule has 0 aliphatic heterocycles. The highest BCUT2D eigenvalue weighted by atomic mass is 127. The fourth-order valence-corrected chi connectivity index (χ4v) is 3.33. The lowest BCUT2D eigenvalue weighted by Crippen LogP contribution is -2.24.